The maximum Gasteiger partial charge on any atom is 0.409 e. The van der Waals surface area contributed by atoms with Crippen molar-refractivity contribution in [1.29, 1.82) is 0 Å². The molecule has 0 radical (unpaired) electrons. The van der Waals surface area contributed by atoms with Gasteiger partial charge in [-0.15, -0.1) is 0 Å². The zero-order valence-electron chi connectivity index (χ0n) is 13.1. The van der Waals surface area contributed by atoms with Crippen LogP contribution in [0.2, 0.25) is 0 Å². The predicted octanol–water partition coefficient (Wildman–Crippen LogP) is 3.35. The molecule has 0 atom stereocenters. The number of methoxy groups -OCH3 is 1. The summed E-state index contributed by atoms with van der Waals surface area (Å²) in [6.07, 6.45) is 0.361. The summed E-state index contributed by atoms with van der Waals surface area (Å²) in [5, 5.41) is 11.9. The number of ether oxygens (including phenoxy) is 2. The number of carbonyl (C=O) groups is 1. The zero-order valence-corrected chi connectivity index (χ0v) is 13.1. The molecular weight excluding hydrogens is 310 g/mol. The Morgan fingerprint density at radius 3 is 2.75 bits per heavy atom. The van der Waals surface area contributed by atoms with Crippen LogP contribution in [0.25, 0.3) is 22.3 Å². The van der Waals surface area contributed by atoms with E-state index in [1.54, 1.807) is 13.2 Å². The summed E-state index contributed by atoms with van der Waals surface area (Å²) in [4.78, 5) is 18.1. The fourth-order valence-corrected chi connectivity index (χ4v) is 2.34. The molecule has 124 valence electrons. The van der Waals surface area contributed by atoms with Crippen molar-refractivity contribution in [2.45, 2.75) is 0 Å². The summed E-state index contributed by atoms with van der Waals surface area (Å²) < 4.78 is 10.5. The van der Waals surface area contributed by atoms with Crippen molar-refractivity contribution in [3.05, 3.63) is 42.6 Å². The molecule has 2 aromatic heterocycles. The second kappa shape index (κ2) is 7.01. The first-order valence-corrected chi connectivity index (χ1v) is 7.36. The molecule has 3 N–H and O–H groups in total. The van der Waals surface area contributed by atoms with Crippen LogP contribution in [0.5, 0.6) is 5.75 Å². The number of nitrogens with one attached hydrogen (secondary N) is 2. The van der Waals surface area contributed by atoms with Crippen LogP contribution < -0.4 is 10.1 Å². The summed E-state index contributed by atoms with van der Waals surface area (Å²) in [6.45, 7) is 1.05. The van der Waals surface area contributed by atoms with E-state index in [1.807, 2.05) is 30.3 Å². The Morgan fingerprint density at radius 2 is 2.04 bits per heavy atom. The number of hydrogen-bond donors (Lipinski definition) is 3. The normalized spacial score (nSPS) is 10.7. The number of amides is 1. The lowest BCUT2D eigenvalue weighted by atomic mass is 10.1. The minimum Gasteiger partial charge on any atom is -0.491 e. The Morgan fingerprint density at radius 1 is 1.25 bits per heavy atom. The third-order valence-electron chi connectivity index (χ3n) is 3.44. The minimum absolute atomic E-state index is 0.433. The Hall–Kier alpha value is -3.06. The van der Waals surface area contributed by atoms with E-state index in [1.165, 1.54) is 6.20 Å². The molecule has 24 heavy (non-hydrogen) atoms. The number of benzene rings is 1. The molecule has 0 aliphatic carbocycles. The molecule has 7 nitrogen and oxygen atoms in total. The van der Waals surface area contributed by atoms with Crippen molar-refractivity contribution in [3.63, 3.8) is 0 Å². The molecule has 3 aromatic rings. The highest BCUT2D eigenvalue weighted by Crippen LogP contribution is 2.26. The molecule has 0 unspecified atom stereocenters. The van der Waals surface area contributed by atoms with Gasteiger partial charge in [0.2, 0.25) is 0 Å². The van der Waals surface area contributed by atoms with Gasteiger partial charge < -0.3 is 19.6 Å². The van der Waals surface area contributed by atoms with Gasteiger partial charge >= 0.3 is 6.09 Å². The molecule has 0 saturated carbocycles. The molecule has 1 aromatic carbocycles. The van der Waals surface area contributed by atoms with Crippen molar-refractivity contribution >= 4 is 22.8 Å². The molecule has 0 spiro atoms. The second-order valence-electron chi connectivity index (χ2n) is 5.14. The van der Waals surface area contributed by atoms with Crippen LogP contribution >= 0.6 is 0 Å². The zero-order chi connectivity index (χ0) is 16.9. The molecular formula is C17H17N3O4. The molecule has 0 aliphatic heterocycles. The summed E-state index contributed by atoms with van der Waals surface area (Å²) in [7, 11) is 1.63. The van der Waals surface area contributed by atoms with Crippen molar-refractivity contribution in [1.82, 2.24) is 9.97 Å². The van der Waals surface area contributed by atoms with Crippen molar-refractivity contribution in [2.24, 2.45) is 0 Å². The SMILES string of the molecule is COCCOc1ccc(-c2cc3cc(NC(=O)O)cnc3[nH]2)cc1. The van der Waals surface area contributed by atoms with Gasteiger partial charge in [-0.3, -0.25) is 5.32 Å². The van der Waals surface area contributed by atoms with E-state index in [0.717, 1.165) is 22.4 Å². The van der Waals surface area contributed by atoms with E-state index in [4.69, 9.17) is 14.6 Å². The van der Waals surface area contributed by atoms with Crippen LogP contribution in [-0.2, 0) is 4.74 Å². The Labute approximate surface area is 138 Å². The first kappa shape index (κ1) is 15.8. The highest BCUT2D eigenvalue weighted by Gasteiger charge is 2.07. The number of H-pyrrole nitrogens is 1. The smallest absolute Gasteiger partial charge is 0.409 e. The van der Waals surface area contributed by atoms with Crippen LogP contribution in [0.4, 0.5) is 10.5 Å². The topological polar surface area (TPSA) is 96.5 Å². The van der Waals surface area contributed by atoms with E-state index in [2.05, 4.69) is 15.3 Å². The largest absolute Gasteiger partial charge is 0.491 e. The molecule has 3 rings (SSSR count). The van der Waals surface area contributed by atoms with Crippen LogP contribution in [0.15, 0.2) is 42.6 Å². The lowest BCUT2D eigenvalue weighted by molar-refractivity contribution is 0.146. The predicted molar refractivity (Wildman–Crippen MR) is 90.5 cm³/mol. The van der Waals surface area contributed by atoms with Crippen LogP contribution in [-0.4, -0.2) is 41.5 Å². The van der Waals surface area contributed by atoms with Gasteiger partial charge in [0.1, 0.15) is 18.0 Å². The standard InChI is InChI=1S/C17H17N3O4/c1-23-6-7-24-14-4-2-11(3-5-14)15-9-12-8-13(19-17(21)22)10-18-16(12)20-15/h2-5,8-10,19H,6-7H2,1H3,(H,18,20)(H,21,22). The highest BCUT2D eigenvalue weighted by molar-refractivity contribution is 5.89. The number of nitrogens with zero attached hydrogens (tertiary/aromatic N) is 1. The number of fused-ring (bicyclic) bond motifs is 1. The van der Waals surface area contributed by atoms with Crippen LogP contribution in [0, 0.1) is 0 Å². The number of aromatic amines is 1. The molecule has 0 fully saturated rings. The van der Waals surface area contributed by atoms with Gasteiger partial charge in [-0.05, 0) is 42.0 Å². The minimum atomic E-state index is -1.11. The lowest BCUT2D eigenvalue weighted by Gasteiger charge is -2.05. The molecule has 7 heteroatoms. The van der Waals surface area contributed by atoms with E-state index in [-0.39, 0.29) is 0 Å². The molecule has 0 saturated heterocycles. The number of anilines is 1. The third-order valence-corrected chi connectivity index (χ3v) is 3.44. The Kier molecular flexibility index (Phi) is 4.62. The maximum absolute atomic E-state index is 10.7. The number of rotatable bonds is 6. The van der Waals surface area contributed by atoms with Gasteiger partial charge in [0.05, 0.1) is 18.5 Å². The third kappa shape index (κ3) is 3.64. The summed E-state index contributed by atoms with van der Waals surface area (Å²) in [5.74, 6) is 0.776. The fourth-order valence-electron chi connectivity index (χ4n) is 2.34. The number of carboxylic acid groups (broad SMARTS) is 1. The number of pyridine rings is 1. The maximum atomic E-state index is 10.7. The fraction of sp³-hybridized carbons (Fsp3) is 0.176. The number of hydrogen-bond acceptors (Lipinski definition) is 4. The van der Waals surface area contributed by atoms with Crippen molar-refractivity contribution in [2.75, 3.05) is 25.6 Å². The average Bonchev–Trinajstić information content (AvgIpc) is 2.98. The Balaban J connectivity index is 1.80. The Bertz CT molecular complexity index is 843. The van der Waals surface area contributed by atoms with Gasteiger partial charge in [-0.1, -0.05) is 0 Å². The van der Waals surface area contributed by atoms with E-state index in [9.17, 15) is 4.79 Å². The highest BCUT2D eigenvalue weighted by atomic mass is 16.5. The molecule has 0 bridgehead atoms. The first-order valence-electron chi connectivity index (χ1n) is 7.36. The second-order valence-corrected chi connectivity index (χ2v) is 5.14. The van der Waals surface area contributed by atoms with E-state index in [0.29, 0.717) is 24.5 Å². The quantitative estimate of drug-likeness (QED) is 0.603. The summed E-state index contributed by atoms with van der Waals surface area (Å²) >= 11 is 0. The molecule has 0 aliphatic rings. The monoisotopic (exact) mass is 327 g/mol. The molecule has 1 amide bonds. The lowest BCUT2D eigenvalue weighted by Crippen LogP contribution is -2.07. The van der Waals surface area contributed by atoms with Gasteiger partial charge in [0.15, 0.2) is 0 Å². The van der Waals surface area contributed by atoms with Crippen molar-refractivity contribution in [3.8, 4) is 17.0 Å². The average molecular weight is 327 g/mol. The van der Waals surface area contributed by atoms with Crippen LogP contribution in [0.1, 0.15) is 0 Å². The van der Waals surface area contributed by atoms with Crippen LogP contribution in [0.3, 0.4) is 0 Å². The summed E-state index contributed by atoms with van der Waals surface area (Å²) in [6, 6.07) is 11.3. The van der Waals surface area contributed by atoms with Gasteiger partial charge in [0, 0.05) is 18.2 Å². The van der Waals surface area contributed by atoms with Gasteiger partial charge in [0.25, 0.3) is 0 Å². The summed E-state index contributed by atoms with van der Waals surface area (Å²) in [5.41, 5.74) is 3.01. The molecule has 2 heterocycles. The van der Waals surface area contributed by atoms with Gasteiger partial charge in [-0.25, -0.2) is 9.78 Å². The van der Waals surface area contributed by atoms with Gasteiger partial charge in [-0.2, -0.15) is 0 Å². The number of aromatic nitrogens is 2. The van der Waals surface area contributed by atoms with Crippen molar-refractivity contribution < 1.29 is 19.4 Å². The van der Waals surface area contributed by atoms with E-state index < -0.39 is 6.09 Å². The van der Waals surface area contributed by atoms with E-state index >= 15 is 0 Å². The first-order chi connectivity index (χ1) is 11.7.